The predicted octanol–water partition coefficient (Wildman–Crippen LogP) is 14.1. The van der Waals surface area contributed by atoms with Crippen LogP contribution in [-0.2, 0) is 4.84 Å². The molecule has 0 bridgehead atoms. The highest BCUT2D eigenvalue weighted by Crippen LogP contribution is 2.18. The Morgan fingerprint density at radius 1 is 0.457 bits per heavy atom. The Morgan fingerprint density at radius 2 is 0.848 bits per heavy atom. The van der Waals surface area contributed by atoms with Gasteiger partial charge in [-0.2, -0.15) is 0 Å². The Morgan fingerprint density at radius 3 is 1.26 bits per heavy atom. The van der Waals surface area contributed by atoms with Gasteiger partial charge >= 0.3 is 0 Å². The van der Waals surface area contributed by atoms with Crippen LogP contribution in [0.15, 0.2) is 53.8 Å². The van der Waals surface area contributed by atoms with Crippen molar-refractivity contribution in [1.82, 2.24) is 4.90 Å². The van der Waals surface area contributed by atoms with Gasteiger partial charge in [-0.25, -0.2) is 0 Å². The molecule has 0 fully saturated rings. The van der Waals surface area contributed by atoms with Crippen LogP contribution in [0, 0.1) is 0 Å². The zero-order valence-corrected chi connectivity index (χ0v) is 31.6. The van der Waals surface area contributed by atoms with Gasteiger partial charge in [0.2, 0.25) is 0 Å². The first-order valence-corrected chi connectivity index (χ1v) is 20.1. The van der Waals surface area contributed by atoms with Crippen molar-refractivity contribution in [2.24, 2.45) is 5.16 Å². The Balaban J connectivity index is 3.97. The summed E-state index contributed by atoms with van der Waals surface area (Å²) < 4.78 is 0. The van der Waals surface area contributed by atoms with Crippen molar-refractivity contribution in [3.63, 3.8) is 0 Å². The summed E-state index contributed by atoms with van der Waals surface area (Å²) in [5.41, 5.74) is 0. The van der Waals surface area contributed by atoms with E-state index in [2.05, 4.69) is 86.6 Å². The van der Waals surface area contributed by atoms with E-state index in [-0.39, 0.29) is 0 Å². The van der Waals surface area contributed by atoms with Crippen molar-refractivity contribution < 1.29 is 4.84 Å². The molecule has 0 aliphatic carbocycles. The first kappa shape index (κ1) is 44.4. The van der Waals surface area contributed by atoms with Crippen LogP contribution in [0.4, 0.5) is 0 Å². The van der Waals surface area contributed by atoms with Crippen LogP contribution in [0.25, 0.3) is 0 Å². The van der Waals surface area contributed by atoms with Crippen molar-refractivity contribution in [2.45, 2.75) is 200 Å². The largest absolute Gasteiger partial charge is 0.393 e. The molecule has 46 heavy (non-hydrogen) atoms. The average molecular weight is 641 g/mol. The van der Waals surface area contributed by atoms with E-state index in [1.54, 1.807) is 0 Å². The molecule has 0 amide bonds. The summed E-state index contributed by atoms with van der Waals surface area (Å²) in [4.78, 5) is 8.26. The maximum atomic E-state index is 6.03. The van der Waals surface area contributed by atoms with Crippen molar-refractivity contribution in [3.8, 4) is 0 Å². The van der Waals surface area contributed by atoms with Gasteiger partial charge in [0.1, 0.15) is 6.10 Å². The fraction of sp³-hybridized carbons (Fsp3) is 0.791. The number of allylic oxidation sites excluding steroid dienone is 8. The summed E-state index contributed by atoms with van der Waals surface area (Å²) in [5.74, 6) is 0. The first-order chi connectivity index (χ1) is 22.7. The third kappa shape index (κ3) is 38.6. The Bertz CT molecular complexity index is 672. The van der Waals surface area contributed by atoms with Crippen molar-refractivity contribution in [1.29, 1.82) is 0 Å². The molecule has 0 aromatic carbocycles. The summed E-state index contributed by atoms with van der Waals surface area (Å²) in [6, 6.07) is 0. The van der Waals surface area contributed by atoms with Gasteiger partial charge in [-0.05, 0) is 123 Å². The minimum atomic E-state index is 0.293. The Labute approximate surface area is 289 Å². The van der Waals surface area contributed by atoms with Gasteiger partial charge in [0.05, 0.1) is 0 Å². The first-order valence-electron chi connectivity index (χ1n) is 20.1. The second-order valence-corrected chi connectivity index (χ2v) is 13.7. The molecule has 0 aliphatic rings. The molecule has 0 N–H and O–H groups in total. The van der Waals surface area contributed by atoms with Gasteiger partial charge in [0, 0.05) is 6.21 Å². The van der Waals surface area contributed by atoms with Crippen LogP contribution in [0.5, 0.6) is 0 Å². The molecular weight excluding hydrogens is 560 g/mol. The summed E-state index contributed by atoms with van der Waals surface area (Å²) in [7, 11) is 4.26. The van der Waals surface area contributed by atoms with Gasteiger partial charge < -0.3 is 9.74 Å². The Hall–Kier alpha value is -1.61. The predicted molar refractivity (Wildman–Crippen MR) is 209 cm³/mol. The minimum Gasteiger partial charge on any atom is -0.393 e. The normalized spacial score (nSPS) is 12.7. The number of rotatable bonds is 36. The molecule has 0 heterocycles. The number of nitrogens with zero attached hydrogens (tertiary/aromatic N) is 2. The van der Waals surface area contributed by atoms with E-state index >= 15 is 0 Å². The lowest BCUT2D eigenvalue weighted by atomic mass is 10.0. The van der Waals surface area contributed by atoms with Crippen LogP contribution < -0.4 is 0 Å². The van der Waals surface area contributed by atoms with Gasteiger partial charge in [0.25, 0.3) is 0 Å². The maximum Gasteiger partial charge on any atom is 0.127 e. The monoisotopic (exact) mass is 641 g/mol. The molecule has 0 atom stereocenters. The molecule has 0 aromatic heterocycles. The van der Waals surface area contributed by atoms with E-state index < -0.39 is 0 Å². The second-order valence-electron chi connectivity index (χ2n) is 13.7. The van der Waals surface area contributed by atoms with Crippen molar-refractivity contribution in [2.75, 3.05) is 20.6 Å². The van der Waals surface area contributed by atoms with Gasteiger partial charge in [-0.1, -0.05) is 145 Å². The molecule has 0 rings (SSSR count). The molecule has 0 spiro atoms. The molecule has 3 heteroatoms. The third-order valence-electron chi connectivity index (χ3n) is 8.68. The SMILES string of the molecule is CCCCC/C=C\C/C=C\CCCCCCCCC(CCCCCCCC/C=C\C/C=C\CCCCC)ON=CCCCN(C)C. The molecule has 268 valence electrons. The minimum absolute atomic E-state index is 0.293. The van der Waals surface area contributed by atoms with Crippen molar-refractivity contribution >= 4 is 6.21 Å². The lowest BCUT2D eigenvalue weighted by molar-refractivity contribution is 0.0437. The molecule has 0 aliphatic heterocycles. The summed E-state index contributed by atoms with van der Waals surface area (Å²) in [6.45, 7) is 5.64. The lowest BCUT2D eigenvalue weighted by Gasteiger charge is -2.15. The highest BCUT2D eigenvalue weighted by Gasteiger charge is 2.09. The fourth-order valence-corrected chi connectivity index (χ4v) is 5.65. The molecule has 0 saturated carbocycles. The summed E-state index contributed by atoms with van der Waals surface area (Å²) in [6.07, 6.45) is 56.8. The standard InChI is InChI=1S/C43H80N2O/c1-5-7-9-11-13-15-17-19-21-23-25-27-29-31-33-35-39-43(46-44-41-37-38-42-45(3)4)40-36-34-32-30-28-26-24-22-20-18-16-14-12-10-8-6-2/h13-16,19-22,41,43H,5-12,17-18,23-40,42H2,1-4H3/b15-13-,16-14-,21-19-,22-20-,44-41?. The van der Waals surface area contributed by atoms with Crippen LogP contribution in [0.2, 0.25) is 0 Å². The fourth-order valence-electron chi connectivity index (χ4n) is 5.65. The number of unbranched alkanes of at least 4 members (excludes halogenated alkanes) is 19. The number of hydrogen-bond donors (Lipinski definition) is 0. The zero-order chi connectivity index (χ0) is 33.4. The number of hydrogen-bond acceptors (Lipinski definition) is 3. The van der Waals surface area contributed by atoms with E-state index in [0.717, 1.165) is 45.1 Å². The van der Waals surface area contributed by atoms with E-state index in [4.69, 9.17) is 4.84 Å². The van der Waals surface area contributed by atoms with E-state index in [0.29, 0.717) is 6.10 Å². The molecule has 0 aromatic rings. The van der Waals surface area contributed by atoms with E-state index in [1.807, 2.05) is 6.21 Å². The lowest BCUT2D eigenvalue weighted by Crippen LogP contribution is -2.13. The average Bonchev–Trinajstić information content (AvgIpc) is 3.05. The summed E-state index contributed by atoms with van der Waals surface area (Å²) >= 11 is 0. The van der Waals surface area contributed by atoms with Crippen LogP contribution in [0.3, 0.4) is 0 Å². The Kier molecular flexibility index (Phi) is 38.2. The smallest absolute Gasteiger partial charge is 0.127 e. The second kappa shape index (κ2) is 39.6. The van der Waals surface area contributed by atoms with Gasteiger partial charge in [-0.15, -0.1) is 0 Å². The highest BCUT2D eigenvalue weighted by molar-refractivity contribution is 5.56. The maximum absolute atomic E-state index is 6.03. The quantitative estimate of drug-likeness (QED) is 0.0294. The van der Waals surface area contributed by atoms with E-state index in [1.165, 1.54) is 141 Å². The zero-order valence-electron chi connectivity index (χ0n) is 31.6. The van der Waals surface area contributed by atoms with E-state index in [9.17, 15) is 0 Å². The molecule has 0 saturated heterocycles. The van der Waals surface area contributed by atoms with Gasteiger partial charge in [0.15, 0.2) is 0 Å². The van der Waals surface area contributed by atoms with Crippen LogP contribution >= 0.6 is 0 Å². The van der Waals surface area contributed by atoms with Crippen molar-refractivity contribution in [3.05, 3.63) is 48.6 Å². The summed E-state index contributed by atoms with van der Waals surface area (Å²) in [5, 5.41) is 4.39. The topological polar surface area (TPSA) is 24.8 Å². The van der Waals surface area contributed by atoms with Crippen LogP contribution in [0.1, 0.15) is 194 Å². The third-order valence-corrected chi connectivity index (χ3v) is 8.68. The number of oxime groups is 1. The molecule has 0 unspecified atom stereocenters. The molecule has 0 radical (unpaired) electrons. The van der Waals surface area contributed by atoms with Crippen LogP contribution in [-0.4, -0.2) is 37.9 Å². The molecule has 3 nitrogen and oxygen atoms in total. The highest BCUT2D eigenvalue weighted by atomic mass is 16.6. The molecular formula is C43H80N2O. The van der Waals surface area contributed by atoms with Gasteiger partial charge in [-0.3, -0.25) is 0 Å².